The van der Waals surface area contributed by atoms with Crippen LogP contribution in [0.25, 0.3) is 5.69 Å². The molecule has 0 saturated carbocycles. The molecular formula is C19H19N5O2S. The molecule has 0 aliphatic rings. The minimum absolute atomic E-state index is 0.0501. The number of nitrogens with zero attached hydrogens (tertiary/aromatic N) is 4. The molecule has 1 unspecified atom stereocenters. The molecule has 138 valence electrons. The smallest absolute Gasteiger partial charge is 0.237 e. The Morgan fingerprint density at radius 2 is 1.93 bits per heavy atom. The van der Waals surface area contributed by atoms with E-state index in [1.807, 2.05) is 31.2 Å². The normalized spacial score (nSPS) is 11.8. The Bertz CT molecular complexity index is 985. The Morgan fingerprint density at radius 3 is 2.67 bits per heavy atom. The van der Waals surface area contributed by atoms with Gasteiger partial charge >= 0.3 is 0 Å². The van der Waals surface area contributed by atoms with Crippen LogP contribution in [-0.2, 0) is 4.79 Å². The molecule has 1 aromatic heterocycles. The van der Waals surface area contributed by atoms with Crippen molar-refractivity contribution in [2.24, 2.45) is 0 Å². The van der Waals surface area contributed by atoms with Crippen molar-refractivity contribution >= 4 is 29.1 Å². The summed E-state index contributed by atoms with van der Waals surface area (Å²) in [4.78, 5) is 24.0. The minimum Gasteiger partial charge on any atom is -0.325 e. The van der Waals surface area contributed by atoms with Crippen LogP contribution in [0.15, 0.2) is 53.7 Å². The summed E-state index contributed by atoms with van der Waals surface area (Å²) in [5, 5.41) is 14.8. The van der Waals surface area contributed by atoms with Gasteiger partial charge < -0.3 is 5.32 Å². The number of ketones is 1. The summed E-state index contributed by atoms with van der Waals surface area (Å²) in [5.41, 5.74) is 3.03. The molecular weight excluding hydrogens is 362 g/mol. The lowest BCUT2D eigenvalue weighted by Crippen LogP contribution is -2.23. The quantitative estimate of drug-likeness (QED) is 0.520. The predicted molar refractivity (Wildman–Crippen MR) is 104 cm³/mol. The first-order chi connectivity index (χ1) is 13.0. The fraction of sp³-hybridized carbons (Fsp3) is 0.211. The van der Waals surface area contributed by atoms with Crippen molar-refractivity contribution in [1.82, 2.24) is 20.2 Å². The molecule has 0 saturated heterocycles. The number of para-hydroxylation sites is 1. The van der Waals surface area contributed by atoms with Gasteiger partial charge in [0.05, 0.1) is 10.9 Å². The van der Waals surface area contributed by atoms with Gasteiger partial charge in [-0.1, -0.05) is 42.1 Å². The minimum atomic E-state index is -0.431. The third-order valence-corrected chi connectivity index (χ3v) is 5.01. The molecule has 3 aromatic rings. The highest BCUT2D eigenvalue weighted by Crippen LogP contribution is 2.25. The number of Topliss-reactive ketones (excluding diaryl/α,β-unsaturated/α-hetero) is 1. The molecule has 0 aliphatic heterocycles. The number of aromatic nitrogens is 4. The molecule has 0 spiro atoms. The maximum atomic E-state index is 12.5. The van der Waals surface area contributed by atoms with Crippen molar-refractivity contribution in [2.45, 2.75) is 31.2 Å². The van der Waals surface area contributed by atoms with Gasteiger partial charge in [0.1, 0.15) is 0 Å². The molecule has 0 bridgehead atoms. The van der Waals surface area contributed by atoms with E-state index in [2.05, 4.69) is 20.8 Å². The van der Waals surface area contributed by atoms with E-state index in [0.717, 1.165) is 11.3 Å². The average Bonchev–Trinajstić information content (AvgIpc) is 3.10. The summed E-state index contributed by atoms with van der Waals surface area (Å²) in [5.74, 6) is -0.244. The maximum Gasteiger partial charge on any atom is 0.237 e. The van der Waals surface area contributed by atoms with E-state index in [-0.39, 0.29) is 11.7 Å². The number of rotatable bonds is 6. The third-order valence-electron chi connectivity index (χ3n) is 3.97. The number of nitrogens with one attached hydrogen (secondary N) is 1. The molecule has 0 fully saturated rings. The van der Waals surface area contributed by atoms with Gasteiger partial charge in [-0.05, 0) is 55.0 Å². The van der Waals surface area contributed by atoms with Crippen LogP contribution < -0.4 is 5.32 Å². The molecule has 1 N–H and O–H groups in total. The number of hydrogen-bond acceptors (Lipinski definition) is 6. The Kier molecular flexibility index (Phi) is 5.66. The van der Waals surface area contributed by atoms with Crippen LogP contribution in [0.1, 0.15) is 29.8 Å². The van der Waals surface area contributed by atoms with Crippen LogP contribution in [0.3, 0.4) is 0 Å². The highest BCUT2D eigenvalue weighted by atomic mass is 32.2. The molecule has 2 aromatic carbocycles. The second kappa shape index (κ2) is 8.13. The van der Waals surface area contributed by atoms with Gasteiger partial charge in [-0.15, -0.1) is 5.10 Å². The van der Waals surface area contributed by atoms with E-state index in [4.69, 9.17) is 0 Å². The molecule has 1 heterocycles. The number of hydrogen-bond donors (Lipinski definition) is 1. The SMILES string of the molecule is CC(=O)c1cccc(NC(=O)C(C)Sc2nnnn2-c2ccccc2C)c1. The largest absolute Gasteiger partial charge is 0.325 e. The summed E-state index contributed by atoms with van der Waals surface area (Å²) in [7, 11) is 0. The third kappa shape index (κ3) is 4.40. The molecule has 0 aliphatic carbocycles. The van der Waals surface area contributed by atoms with E-state index in [0.29, 0.717) is 16.4 Å². The molecule has 0 radical (unpaired) electrons. The molecule has 7 nitrogen and oxygen atoms in total. The van der Waals surface area contributed by atoms with Crippen LogP contribution in [-0.4, -0.2) is 37.1 Å². The van der Waals surface area contributed by atoms with E-state index >= 15 is 0 Å². The second-order valence-electron chi connectivity index (χ2n) is 6.05. The van der Waals surface area contributed by atoms with Crippen molar-refractivity contribution in [3.63, 3.8) is 0 Å². The zero-order valence-electron chi connectivity index (χ0n) is 15.2. The Labute approximate surface area is 161 Å². The lowest BCUT2D eigenvalue weighted by molar-refractivity contribution is -0.115. The number of aryl methyl sites for hydroxylation is 1. The fourth-order valence-corrected chi connectivity index (χ4v) is 3.28. The van der Waals surface area contributed by atoms with Gasteiger partial charge in [-0.3, -0.25) is 9.59 Å². The van der Waals surface area contributed by atoms with Crippen LogP contribution in [0.2, 0.25) is 0 Å². The number of carbonyl (C=O) groups excluding carboxylic acids is 2. The first-order valence-electron chi connectivity index (χ1n) is 8.38. The summed E-state index contributed by atoms with van der Waals surface area (Å²) in [6, 6.07) is 14.6. The van der Waals surface area contributed by atoms with Gasteiger partial charge in [-0.2, -0.15) is 4.68 Å². The zero-order chi connectivity index (χ0) is 19.4. The van der Waals surface area contributed by atoms with Gasteiger partial charge in [0.2, 0.25) is 11.1 Å². The van der Waals surface area contributed by atoms with Gasteiger partial charge in [0, 0.05) is 11.3 Å². The summed E-state index contributed by atoms with van der Waals surface area (Å²) in [6.45, 7) is 5.25. The van der Waals surface area contributed by atoms with Crippen LogP contribution >= 0.6 is 11.8 Å². The van der Waals surface area contributed by atoms with Crippen LogP contribution in [0.4, 0.5) is 5.69 Å². The van der Waals surface area contributed by atoms with E-state index in [9.17, 15) is 9.59 Å². The molecule has 8 heteroatoms. The van der Waals surface area contributed by atoms with E-state index in [1.165, 1.54) is 18.7 Å². The Balaban J connectivity index is 1.73. The van der Waals surface area contributed by atoms with Crippen molar-refractivity contribution in [2.75, 3.05) is 5.32 Å². The van der Waals surface area contributed by atoms with Crippen molar-refractivity contribution in [3.05, 3.63) is 59.7 Å². The molecule has 3 rings (SSSR count). The lowest BCUT2D eigenvalue weighted by atomic mass is 10.1. The first-order valence-corrected chi connectivity index (χ1v) is 9.26. The lowest BCUT2D eigenvalue weighted by Gasteiger charge is -2.13. The Morgan fingerprint density at radius 1 is 1.15 bits per heavy atom. The summed E-state index contributed by atoms with van der Waals surface area (Å²) in [6.07, 6.45) is 0. The van der Waals surface area contributed by atoms with Crippen molar-refractivity contribution in [1.29, 1.82) is 0 Å². The fourth-order valence-electron chi connectivity index (χ4n) is 2.48. The summed E-state index contributed by atoms with van der Waals surface area (Å²) >= 11 is 1.27. The standard InChI is InChI=1S/C19H19N5O2S/c1-12-7-4-5-10-17(12)24-19(21-22-23-24)27-14(3)18(26)20-16-9-6-8-15(11-16)13(2)25/h4-11,14H,1-3H3,(H,20,26). The number of benzene rings is 2. The molecule has 1 atom stereocenters. The Hall–Kier alpha value is -3.00. The van der Waals surface area contributed by atoms with E-state index < -0.39 is 5.25 Å². The van der Waals surface area contributed by atoms with E-state index in [1.54, 1.807) is 35.9 Å². The van der Waals surface area contributed by atoms with Crippen molar-refractivity contribution < 1.29 is 9.59 Å². The maximum absolute atomic E-state index is 12.5. The number of anilines is 1. The van der Waals surface area contributed by atoms with Gasteiger partial charge in [0.15, 0.2) is 5.78 Å². The topological polar surface area (TPSA) is 89.8 Å². The number of tetrazole rings is 1. The molecule has 1 amide bonds. The van der Waals surface area contributed by atoms with Crippen LogP contribution in [0.5, 0.6) is 0 Å². The highest BCUT2D eigenvalue weighted by Gasteiger charge is 2.20. The first kappa shape index (κ1) is 18.8. The van der Waals surface area contributed by atoms with Crippen LogP contribution in [0, 0.1) is 6.92 Å². The molecule has 27 heavy (non-hydrogen) atoms. The number of carbonyl (C=O) groups is 2. The van der Waals surface area contributed by atoms with Crippen molar-refractivity contribution in [3.8, 4) is 5.69 Å². The monoisotopic (exact) mass is 381 g/mol. The highest BCUT2D eigenvalue weighted by molar-refractivity contribution is 8.00. The van der Waals surface area contributed by atoms with Gasteiger partial charge in [0.25, 0.3) is 0 Å². The zero-order valence-corrected chi connectivity index (χ0v) is 16.0. The second-order valence-corrected chi connectivity index (χ2v) is 7.35. The van der Waals surface area contributed by atoms with Gasteiger partial charge in [-0.25, -0.2) is 0 Å². The summed E-state index contributed by atoms with van der Waals surface area (Å²) < 4.78 is 1.63. The number of thioether (sulfide) groups is 1. The number of amides is 1. The predicted octanol–water partition coefficient (Wildman–Crippen LogP) is 3.29. The average molecular weight is 381 g/mol.